The Labute approximate surface area is 151 Å². The van der Waals surface area contributed by atoms with Gasteiger partial charge in [0.2, 0.25) is 0 Å². The largest absolute Gasteiger partial charge is 0.448 e. The second-order valence-electron chi connectivity index (χ2n) is 6.85. The molecule has 1 saturated heterocycles. The summed E-state index contributed by atoms with van der Waals surface area (Å²) in [5, 5.41) is 7.48. The van der Waals surface area contributed by atoms with Crippen molar-refractivity contribution < 1.29 is 9.53 Å². The van der Waals surface area contributed by atoms with Crippen molar-refractivity contribution in [2.45, 2.75) is 71.9 Å². The Morgan fingerprint density at radius 1 is 1.28 bits per heavy atom. The Hall–Kier alpha value is -1.56. The van der Waals surface area contributed by atoms with Crippen molar-refractivity contribution in [3.63, 3.8) is 0 Å². The summed E-state index contributed by atoms with van der Waals surface area (Å²) in [7, 11) is 2.04. The number of nitrogens with one attached hydrogen (secondary N) is 1. The van der Waals surface area contributed by atoms with Gasteiger partial charge >= 0.3 is 6.09 Å². The Balaban J connectivity index is 2.02. The highest BCUT2D eigenvalue weighted by molar-refractivity contribution is 5.67. The quantitative estimate of drug-likeness (QED) is 0.783. The molecule has 1 aromatic heterocycles. The summed E-state index contributed by atoms with van der Waals surface area (Å²) >= 11 is 0. The summed E-state index contributed by atoms with van der Waals surface area (Å²) in [6.07, 6.45) is 6.08. The minimum absolute atomic E-state index is 0.294. The van der Waals surface area contributed by atoms with Crippen LogP contribution in [0.3, 0.4) is 0 Å². The second-order valence-corrected chi connectivity index (χ2v) is 6.85. The average Bonchev–Trinajstić information content (AvgIpc) is 2.93. The fourth-order valence-electron chi connectivity index (χ4n) is 3.68. The molecule has 1 N–H and O–H groups in total. The number of carbonyl (C=O) groups excluding carboxylic acids is 1. The first kappa shape index (κ1) is 19.8. The van der Waals surface area contributed by atoms with E-state index in [1.165, 1.54) is 29.8 Å². The molecule has 2 heterocycles. The van der Waals surface area contributed by atoms with Crippen molar-refractivity contribution in [2.75, 3.05) is 19.7 Å². The molecule has 1 unspecified atom stereocenters. The van der Waals surface area contributed by atoms with Crippen LogP contribution in [0.25, 0.3) is 0 Å². The van der Waals surface area contributed by atoms with Gasteiger partial charge in [-0.05, 0) is 38.6 Å². The average molecular weight is 351 g/mol. The van der Waals surface area contributed by atoms with Crippen LogP contribution in [0.1, 0.15) is 63.4 Å². The maximum absolute atomic E-state index is 11.7. The molecule has 1 aliphatic heterocycles. The van der Waals surface area contributed by atoms with Crippen LogP contribution in [-0.4, -0.2) is 46.5 Å². The summed E-state index contributed by atoms with van der Waals surface area (Å²) in [6.45, 7) is 9.50. The van der Waals surface area contributed by atoms with E-state index < -0.39 is 0 Å². The van der Waals surface area contributed by atoms with E-state index in [9.17, 15) is 4.79 Å². The number of hydrogen-bond donors (Lipinski definition) is 1. The molecule has 0 radical (unpaired) electrons. The smallest absolute Gasteiger partial charge is 0.407 e. The first-order valence-electron chi connectivity index (χ1n) is 9.78. The molecular weight excluding hydrogens is 316 g/mol. The van der Waals surface area contributed by atoms with Crippen LogP contribution < -0.4 is 5.32 Å². The van der Waals surface area contributed by atoms with Gasteiger partial charge in [0.25, 0.3) is 0 Å². The van der Waals surface area contributed by atoms with E-state index in [2.05, 4.69) is 24.1 Å². The monoisotopic (exact) mass is 350 g/mol. The van der Waals surface area contributed by atoms with Gasteiger partial charge in [-0.2, -0.15) is 5.10 Å². The van der Waals surface area contributed by atoms with Crippen LogP contribution in [0.4, 0.5) is 4.79 Å². The van der Waals surface area contributed by atoms with E-state index in [0.29, 0.717) is 19.2 Å². The number of hydrogen-bond acceptors (Lipinski definition) is 4. The van der Waals surface area contributed by atoms with Gasteiger partial charge < -0.3 is 10.1 Å². The van der Waals surface area contributed by atoms with Crippen LogP contribution in [0.2, 0.25) is 0 Å². The van der Waals surface area contributed by atoms with E-state index in [-0.39, 0.29) is 6.09 Å². The predicted octanol–water partition coefficient (Wildman–Crippen LogP) is 3.04. The highest BCUT2D eigenvalue weighted by Crippen LogP contribution is 2.24. The third-order valence-electron chi connectivity index (χ3n) is 5.06. The van der Waals surface area contributed by atoms with Gasteiger partial charge in [0.1, 0.15) is 6.61 Å². The molecule has 1 amide bonds. The van der Waals surface area contributed by atoms with Crippen LogP contribution in [0.5, 0.6) is 0 Å². The van der Waals surface area contributed by atoms with E-state index >= 15 is 0 Å². The topological polar surface area (TPSA) is 59.4 Å². The first-order chi connectivity index (χ1) is 12.1. The summed E-state index contributed by atoms with van der Waals surface area (Å²) < 4.78 is 7.49. The van der Waals surface area contributed by atoms with Crippen LogP contribution in [0.15, 0.2) is 0 Å². The molecule has 1 aromatic rings. The van der Waals surface area contributed by atoms with E-state index in [1.54, 1.807) is 0 Å². The molecule has 2 rings (SSSR count). The molecular formula is C19H34N4O2. The lowest BCUT2D eigenvalue weighted by atomic mass is 10.0. The van der Waals surface area contributed by atoms with Crippen molar-refractivity contribution in [3.8, 4) is 0 Å². The van der Waals surface area contributed by atoms with E-state index in [1.807, 2.05) is 18.7 Å². The summed E-state index contributed by atoms with van der Waals surface area (Å²) in [5.41, 5.74) is 3.89. The van der Waals surface area contributed by atoms with Gasteiger partial charge in [0, 0.05) is 37.4 Å². The number of alkyl carbamates (subject to hydrolysis) is 1. The van der Waals surface area contributed by atoms with E-state index in [4.69, 9.17) is 9.84 Å². The Morgan fingerprint density at radius 2 is 2.08 bits per heavy atom. The fraction of sp³-hybridized carbons (Fsp3) is 0.789. The SMILES string of the molecule is CCCNC(=O)OCC1CCCCN1Cc1c(CC)nn(C)c1CC. The molecule has 6 heteroatoms. The molecule has 1 fully saturated rings. The molecule has 1 atom stereocenters. The number of carbonyl (C=O) groups is 1. The summed E-state index contributed by atoms with van der Waals surface area (Å²) in [5.74, 6) is 0. The van der Waals surface area contributed by atoms with Gasteiger partial charge in [-0.1, -0.05) is 27.2 Å². The maximum atomic E-state index is 11.7. The van der Waals surface area contributed by atoms with Crippen molar-refractivity contribution in [1.29, 1.82) is 0 Å². The molecule has 0 bridgehead atoms. The summed E-state index contributed by atoms with van der Waals surface area (Å²) in [6, 6.07) is 0.302. The third kappa shape index (κ3) is 5.21. The Morgan fingerprint density at radius 3 is 2.76 bits per heavy atom. The zero-order valence-electron chi connectivity index (χ0n) is 16.3. The number of aryl methyl sites for hydroxylation is 2. The normalized spacial score (nSPS) is 18.3. The third-order valence-corrected chi connectivity index (χ3v) is 5.06. The minimum atomic E-state index is -0.294. The first-order valence-corrected chi connectivity index (χ1v) is 9.78. The predicted molar refractivity (Wildman–Crippen MR) is 99.7 cm³/mol. The zero-order chi connectivity index (χ0) is 18.2. The number of rotatable bonds is 8. The van der Waals surface area contributed by atoms with Crippen LogP contribution >= 0.6 is 0 Å². The highest BCUT2D eigenvalue weighted by atomic mass is 16.5. The fourth-order valence-corrected chi connectivity index (χ4v) is 3.68. The molecule has 25 heavy (non-hydrogen) atoms. The van der Waals surface area contributed by atoms with Crippen molar-refractivity contribution >= 4 is 6.09 Å². The van der Waals surface area contributed by atoms with Crippen molar-refractivity contribution in [1.82, 2.24) is 20.0 Å². The number of ether oxygens (including phenoxy) is 1. The lowest BCUT2D eigenvalue weighted by Crippen LogP contribution is -2.43. The number of nitrogens with zero attached hydrogens (tertiary/aromatic N) is 3. The zero-order valence-corrected chi connectivity index (χ0v) is 16.3. The number of likely N-dealkylation sites (tertiary alicyclic amines) is 1. The van der Waals surface area contributed by atoms with Gasteiger partial charge in [-0.15, -0.1) is 0 Å². The molecule has 1 aliphatic rings. The highest BCUT2D eigenvalue weighted by Gasteiger charge is 2.26. The molecule has 0 aliphatic carbocycles. The molecule has 0 saturated carbocycles. The molecule has 0 spiro atoms. The summed E-state index contributed by atoms with van der Waals surface area (Å²) in [4.78, 5) is 14.2. The molecule has 0 aromatic carbocycles. The Kier molecular flexibility index (Phi) is 7.75. The van der Waals surface area contributed by atoms with Crippen LogP contribution in [-0.2, 0) is 31.2 Å². The van der Waals surface area contributed by atoms with Gasteiger partial charge in [-0.3, -0.25) is 9.58 Å². The second kappa shape index (κ2) is 9.80. The number of piperidine rings is 1. The lowest BCUT2D eigenvalue weighted by molar-refractivity contribution is 0.0637. The van der Waals surface area contributed by atoms with Crippen molar-refractivity contribution in [2.24, 2.45) is 7.05 Å². The van der Waals surface area contributed by atoms with Crippen molar-refractivity contribution in [3.05, 3.63) is 17.0 Å². The Bertz CT molecular complexity index is 556. The molecule has 142 valence electrons. The maximum Gasteiger partial charge on any atom is 0.407 e. The van der Waals surface area contributed by atoms with Gasteiger partial charge in [0.05, 0.1) is 5.69 Å². The van der Waals surface area contributed by atoms with Crippen LogP contribution in [0, 0.1) is 0 Å². The lowest BCUT2D eigenvalue weighted by Gasteiger charge is -2.35. The van der Waals surface area contributed by atoms with E-state index in [0.717, 1.165) is 38.8 Å². The van der Waals surface area contributed by atoms with Gasteiger partial charge in [0.15, 0.2) is 0 Å². The standard InChI is InChI=1S/C19H34N4O2/c1-5-11-20-19(24)25-14-15-10-8-9-12-23(15)13-16-17(6-2)21-22(4)18(16)7-3/h15H,5-14H2,1-4H3,(H,20,24). The number of aromatic nitrogens is 2. The number of amides is 1. The minimum Gasteiger partial charge on any atom is -0.448 e. The molecule has 6 nitrogen and oxygen atoms in total. The van der Waals surface area contributed by atoms with Gasteiger partial charge in [-0.25, -0.2) is 4.79 Å².